The first kappa shape index (κ1) is 10.3. The Balaban J connectivity index is 2.49. The predicted molar refractivity (Wildman–Crippen MR) is 47.8 cm³/mol. The van der Waals surface area contributed by atoms with E-state index in [0.29, 0.717) is 19.6 Å². The van der Waals surface area contributed by atoms with Crippen molar-refractivity contribution in [2.75, 3.05) is 13.2 Å². The van der Waals surface area contributed by atoms with Crippen molar-refractivity contribution < 1.29 is 13.2 Å². The van der Waals surface area contributed by atoms with Crippen molar-refractivity contribution in [1.29, 1.82) is 0 Å². The molecule has 0 aromatic rings. The molecule has 1 aliphatic rings. The molecule has 0 heterocycles. The average molecular weight is 213 g/mol. The number of rotatable bonds is 4. The third-order valence-corrected chi connectivity index (χ3v) is 4.31. The fraction of sp³-hybridized carbons (Fsp3) is 1.00. The molecule has 1 fully saturated rings. The minimum Gasteiger partial charge on any atom is -0.381 e. The van der Waals surface area contributed by atoms with Crippen LogP contribution in [0.5, 0.6) is 0 Å². The Morgan fingerprint density at radius 3 is 2.58 bits per heavy atom. The van der Waals surface area contributed by atoms with Crippen LogP contribution in [0.2, 0.25) is 0 Å². The van der Waals surface area contributed by atoms with Gasteiger partial charge in [0.15, 0.2) is 0 Å². The smallest absolute Gasteiger partial charge is 0.236 e. The third kappa shape index (κ3) is 2.12. The summed E-state index contributed by atoms with van der Waals surface area (Å²) in [5.41, 5.74) is -0.239. The minimum atomic E-state index is -3.38. The first-order chi connectivity index (χ1) is 5.40. The van der Waals surface area contributed by atoms with Crippen LogP contribution in [-0.2, 0) is 13.8 Å². The molecule has 0 bridgehead atoms. The summed E-state index contributed by atoms with van der Waals surface area (Å²) in [7, 11) is 1.84. The Kier molecular flexibility index (Phi) is 2.71. The minimum absolute atomic E-state index is 0.239. The van der Waals surface area contributed by atoms with E-state index >= 15 is 0 Å². The Hall–Kier alpha value is 0.200. The number of ether oxygens (including phenoxy) is 1. The average Bonchev–Trinajstić information content (AvgIpc) is 2.59. The highest BCUT2D eigenvalue weighted by molar-refractivity contribution is 8.14. The highest BCUT2D eigenvalue weighted by atomic mass is 35.7. The summed E-state index contributed by atoms with van der Waals surface area (Å²) >= 11 is 0. The molecular formula is C7H13ClO3S. The Morgan fingerprint density at radius 1 is 1.67 bits per heavy atom. The van der Waals surface area contributed by atoms with Crippen LogP contribution in [0.4, 0.5) is 0 Å². The van der Waals surface area contributed by atoms with E-state index in [1.54, 1.807) is 0 Å². The molecule has 1 rings (SSSR count). The lowest BCUT2D eigenvalue weighted by Gasteiger charge is -2.08. The molecule has 0 N–H and O–H groups in total. The number of hydrogen-bond donors (Lipinski definition) is 0. The van der Waals surface area contributed by atoms with Crippen molar-refractivity contribution in [1.82, 2.24) is 0 Å². The first-order valence-corrected chi connectivity index (χ1v) is 6.28. The van der Waals surface area contributed by atoms with E-state index in [1.165, 1.54) is 0 Å². The summed E-state index contributed by atoms with van der Waals surface area (Å²) in [5.74, 6) is 0. The maximum absolute atomic E-state index is 10.9. The van der Waals surface area contributed by atoms with Crippen molar-refractivity contribution >= 4 is 19.7 Å². The van der Waals surface area contributed by atoms with E-state index in [-0.39, 0.29) is 5.41 Å². The first-order valence-electron chi connectivity index (χ1n) is 3.91. The van der Waals surface area contributed by atoms with E-state index in [1.807, 2.05) is 13.8 Å². The lowest BCUT2D eigenvalue weighted by molar-refractivity contribution is 0.108. The molecule has 5 heteroatoms. The van der Waals surface area contributed by atoms with Gasteiger partial charge in [0.05, 0.1) is 11.9 Å². The summed E-state index contributed by atoms with van der Waals surface area (Å²) < 4.78 is 26.9. The Labute approximate surface area is 77.5 Å². The van der Waals surface area contributed by atoms with Crippen LogP contribution in [0.3, 0.4) is 0 Å². The van der Waals surface area contributed by atoms with Crippen molar-refractivity contribution in [3.05, 3.63) is 0 Å². The van der Waals surface area contributed by atoms with E-state index in [4.69, 9.17) is 15.4 Å². The molecule has 0 aromatic heterocycles. The fourth-order valence-corrected chi connectivity index (χ4v) is 3.45. The maximum Gasteiger partial charge on any atom is 0.236 e. The Morgan fingerprint density at radius 2 is 2.25 bits per heavy atom. The van der Waals surface area contributed by atoms with E-state index in [2.05, 4.69) is 0 Å². The molecule has 0 amide bonds. The van der Waals surface area contributed by atoms with Gasteiger partial charge in [-0.25, -0.2) is 8.42 Å². The van der Waals surface area contributed by atoms with Crippen LogP contribution in [0, 0.1) is 5.41 Å². The largest absolute Gasteiger partial charge is 0.381 e. The van der Waals surface area contributed by atoms with Gasteiger partial charge in [-0.1, -0.05) is 6.92 Å². The fourth-order valence-electron chi connectivity index (χ4n) is 1.29. The van der Waals surface area contributed by atoms with Gasteiger partial charge in [-0.05, 0) is 13.3 Å². The van der Waals surface area contributed by atoms with Crippen molar-refractivity contribution in [2.24, 2.45) is 5.41 Å². The van der Waals surface area contributed by atoms with Gasteiger partial charge in [0.1, 0.15) is 0 Å². The normalized spacial score (nSPS) is 35.1. The third-order valence-electron chi connectivity index (χ3n) is 2.24. The Bertz CT molecular complexity index is 262. The van der Waals surface area contributed by atoms with Crippen LogP contribution in [0.25, 0.3) is 0 Å². The van der Waals surface area contributed by atoms with Crippen molar-refractivity contribution in [2.45, 2.75) is 25.5 Å². The highest BCUT2D eigenvalue weighted by Crippen LogP contribution is 2.51. The maximum atomic E-state index is 10.9. The molecule has 72 valence electrons. The second kappa shape index (κ2) is 3.16. The number of hydrogen-bond acceptors (Lipinski definition) is 3. The van der Waals surface area contributed by atoms with Crippen LogP contribution < -0.4 is 0 Å². The summed E-state index contributed by atoms with van der Waals surface area (Å²) in [6.45, 7) is 4.87. The molecule has 2 atom stereocenters. The number of halogens is 1. The molecule has 0 unspecified atom stereocenters. The monoisotopic (exact) mass is 212 g/mol. The molecule has 0 spiro atoms. The second-order valence-electron chi connectivity index (χ2n) is 3.46. The van der Waals surface area contributed by atoms with Crippen LogP contribution in [-0.4, -0.2) is 26.9 Å². The molecular weight excluding hydrogens is 200 g/mol. The van der Waals surface area contributed by atoms with E-state index in [0.717, 1.165) is 0 Å². The van der Waals surface area contributed by atoms with E-state index < -0.39 is 14.3 Å². The quantitative estimate of drug-likeness (QED) is 0.662. The van der Waals surface area contributed by atoms with Gasteiger partial charge in [0, 0.05) is 22.7 Å². The topological polar surface area (TPSA) is 43.4 Å². The van der Waals surface area contributed by atoms with Gasteiger partial charge in [-0.2, -0.15) is 0 Å². The summed E-state index contributed by atoms with van der Waals surface area (Å²) in [5, 5.41) is -0.404. The van der Waals surface area contributed by atoms with Crippen LogP contribution in [0.15, 0.2) is 0 Å². The molecule has 0 aromatic carbocycles. The molecule has 1 saturated carbocycles. The molecule has 1 aliphatic carbocycles. The lowest BCUT2D eigenvalue weighted by Crippen LogP contribution is -2.14. The standard InChI is InChI=1S/C7H13ClO3S/c1-3-11-5-7(2)4-6(7)12(8,9)10/h6H,3-5H2,1-2H3/t6-,7-/m0/s1. The zero-order valence-corrected chi connectivity index (χ0v) is 8.78. The lowest BCUT2D eigenvalue weighted by atomic mass is 10.2. The molecule has 12 heavy (non-hydrogen) atoms. The van der Waals surface area contributed by atoms with Crippen LogP contribution >= 0.6 is 10.7 Å². The molecule has 3 nitrogen and oxygen atoms in total. The van der Waals surface area contributed by atoms with Crippen molar-refractivity contribution in [3.8, 4) is 0 Å². The van der Waals surface area contributed by atoms with E-state index in [9.17, 15) is 8.42 Å². The van der Waals surface area contributed by atoms with Gasteiger partial charge in [0.2, 0.25) is 9.05 Å². The van der Waals surface area contributed by atoms with Gasteiger partial charge in [-0.15, -0.1) is 0 Å². The zero-order valence-electron chi connectivity index (χ0n) is 7.21. The van der Waals surface area contributed by atoms with Gasteiger partial charge >= 0.3 is 0 Å². The van der Waals surface area contributed by atoms with Crippen molar-refractivity contribution in [3.63, 3.8) is 0 Å². The van der Waals surface area contributed by atoms with Crippen LogP contribution in [0.1, 0.15) is 20.3 Å². The summed E-state index contributed by atoms with van der Waals surface area (Å²) in [4.78, 5) is 0. The molecule has 0 saturated heterocycles. The highest BCUT2D eigenvalue weighted by Gasteiger charge is 2.57. The molecule has 0 aliphatic heterocycles. The van der Waals surface area contributed by atoms with Gasteiger partial charge in [0.25, 0.3) is 0 Å². The summed E-state index contributed by atoms with van der Waals surface area (Å²) in [6.07, 6.45) is 0.624. The molecule has 0 radical (unpaired) electrons. The zero-order chi connectivity index (χ0) is 9.41. The van der Waals surface area contributed by atoms with Gasteiger partial charge in [-0.3, -0.25) is 0 Å². The predicted octanol–water partition coefficient (Wildman–Crippen LogP) is 1.37. The SMILES string of the molecule is CCOC[C@]1(C)C[C@@H]1S(=O)(=O)Cl. The second-order valence-corrected chi connectivity index (χ2v) is 6.27. The van der Waals surface area contributed by atoms with Gasteiger partial charge < -0.3 is 4.74 Å². The summed E-state index contributed by atoms with van der Waals surface area (Å²) in [6, 6.07) is 0.